The van der Waals surface area contributed by atoms with Crippen LogP contribution in [0.1, 0.15) is 34.5 Å². The number of benzene rings is 2. The summed E-state index contributed by atoms with van der Waals surface area (Å²) < 4.78 is 35.6. The van der Waals surface area contributed by atoms with Crippen LogP contribution in [0.2, 0.25) is 0 Å². The van der Waals surface area contributed by atoms with Crippen LogP contribution in [0.4, 0.5) is 26.0 Å². The van der Waals surface area contributed by atoms with Gasteiger partial charge in [-0.15, -0.1) is 0 Å². The molecule has 0 saturated carbocycles. The van der Waals surface area contributed by atoms with Gasteiger partial charge >= 0.3 is 0 Å². The number of aryl methyl sites for hydroxylation is 2. The van der Waals surface area contributed by atoms with Crippen molar-refractivity contribution in [3.8, 4) is 11.1 Å². The number of nitrogens with one attached hydrogen (secondary N) is 1. The Kier molecular flexibility index (Phi) is 6.67. The predicted octanol–water partition coefficient (Wildman–Crippen LogP) is 4.38. The average Bonchev–Trinajstić information content (AvgIpc) is 3.41. The highest BCUT2D eigenvalue weighted by Gasteiger charge is 2.28. The molecule has 0 aliphatic carbocycles. The largest absolute Gasteiger partial charge is 0.370 e. The van der Waals surface area contributed by atoms with Crippen LogP contribution in [0.25, 0.3) is 21.9 Å². The number of hydrogen-bond donors (Lipinski definition) is 1. The standard InChI is InChI=1S/C29H28F2N6O3/c1-32-29(39)24-12-18-10-20(36-8-9-40-16-26(36)38)5-6-21(18)28(34-24)37-7-3-4-17-11-22(19-14-33-35(2)15-19)23(27(30)31)13-25(17)37/h5-6,10-15,27H,3-4,7-9,16H2,1-2H3,(H,32,39). The quantitative estimate of drug-likeness (QED) is 0.400. The number of amides is 2. The van der Waals surface area contributed by atoms with Crippen molar-refractivity contribution < 1.29 is 23.1 Å². The third-order valence-corrected chi connectivity index (χ3v) is 7.43. The maximum Gasteiger partial charge on any atom is 0.269 e. The molecule has 2 aromatic carbocycles. The molecule has 1 N–H and O–H groups in total. The molecule has 206 valence electrons. The Morgan fingerprint density at radius 3 is 2.70 bits per heavy atom. The molecule has 2 amide bonds. The monoisotopic (exact) mass is 546 g/mol. The molecule has 1 saturated heterocycles. The highest BCUT2D eigenvalue weighted by Crippen LogP contribution is 2.42. The molecule has 1 fully saturated rings. The van der Waals surface area contributed by atoms with Crippen LogP contribution in [0.15, 0.2) is 48.8 Å². The van der Waals surface area contributed by atoms with Crippen LogP contribution >= 0.6 is 0 Å². The molecule has 0 bridgehead atoms. The molecule has 0 spiro atoms. The van der Waals surface area contributed by atoms with Crippen LogP contribution in [-0.4, -0.2) is 59.9 Å². The number of fused-ring (bicyclic) bond motifs is 2. The molecule has 0 unspecified atom stereocenters. The van der Waals surface area contributed by atoms with Crippen LogP contribution in [0, 0.1) is 0 Å². The highest BCUT2D eigenvalue weighted by molar-refractivity contribution is 6.04. The number of hydrogen-bond acceptors (Lipinski definition) is 6. The van der Waals surface area contributed by atoms with Crippen LogP contribution in [0.5, 0.6) is 0 Å². The number of morpholine rings is 1. The van der Waals surface area contributed by atoms with Gasteiger partial charge in [0.15, 0.2) is 0 Å². The number of halogens is 2. The molecule has 2 aromatic heterocycles. The molecule has 9 nitrogen and oxygen atoms in total. The lowest BCUT2D eigenvalue weighted by Crippen LogP contribution is -2.41. The maximum atomic E-state index is 14.4. The maximum absolute atomic E-state index is 14.4. The van der Waals surface area contributed by atoms with Crippen molar-refractivity contribution in [2.75, 3.05) is 43.2 Å². The number of ether oxygens (including phenoxy) is 1. The van der Waals surface area contributed by atoms with E-state index >= 15 is 0 Å². The fraction of sp³-hybridized carbons (Fsp3) is 0.310. The second-order valence-electron chi connectivity index (χ2n) is 9.94. The predicted molar refractivity (Wildman–Crippen MR) is 147 cm³/mol. The Balaban J connectivity index is 1.51. The van der Waals surface area contributed by atoms with Gasteiger partial charge in [0.1, 0.15) is 18.1 Å². The molecule has 11 heteroatoms. The average molecular weight is 547 g/mol. The number of anilines is 3. The first kappa shape index (κ1) is 25.9. The minimum atomic E-state index is -2.69. The van der Waals surface area contributed by atoms with Crippen molar-refractivity contribution in [1.82, 2.24) is 20.1 Å². The van der Waals surface area contributed by atoms with Crippen molar-refractivity contribution in [2.24, 2.45) is 7.05 Å². The molecule has 0 radical (unpaired) electrons. The first-order valence-corrected chi connectivity index (χ1v) is 13.1. The fourth-order valence-electron chi connectivity index (χ4n) is 5.50. The van der Waals surface area contributed by atoms with Gasteiger partial charge in [-0.1, -0.05) is 0 Å². The first-order chi connectivity index (χ1) is 19.3. The minimum absolute atomic E-state index is 0.0151. The second-order valence-corrected chi connectivity index (χ2v) is 9.94. The van der Waals surface area contributed by atoms with Crippen molar-refractivity contribution in [3.05, 3.63) is 65.6 Å². The lowest BCUT2D eigenvalue weighted by Gasteiger charge is -2.33. The number of carbonyl (C=O) groups is 2. The van der Waals surface area contributed by atoms with Crippen molar-refractivity contribution in [1.29, 1.82) is 0 Å². The number of aromatic nitrogens is 3. The Hall–Kier alpha value is -4.38. The van der Waals surface area contributed by atoms with E-state index in [-0.39, 0.29) is 29.7 Å². The fourth-order valence-corrected chi connectivity index (χ4v) is 5.50. The van der Waals surface area contributed by atoms with E-state index in [1.165, 1.54) is 7.05 Å². The molecule has 40 heavy (non-hydrogen) atoms. The summed E-state index contributed by atoms with van der Waals surface area (Å²) in [5.74, 6) is -0.0000103. The lowest BCUT2D eigenvalue weighted by atomic mass is 9.93. The van der Waals surface area contributed by atoms with E-state index in [0.29, 0.717) is 53.4 Å². The van der Waals surface area contributed by atoms with Gasteiger partial charge in [0.25, 0.3) is 18.2 Å². The van der Waals surface area contributed by atoms with Crippen LogP contribution < -0.4 is 15.1 Å². The summed E-state index contributed by atoms with van der Waals surface area (Å²) in [5, 5.41) is 8.25. The third-order valence-electron chi connectivity index (χ3n) is 7.43. The Labute approximate surface area is 229 Å². The lowest BCUT2D eigenvalue weighted by molar-refractivity contribution is -0.125. The summed E-state index contributed by atoms with van der Waals surface area (Å²) in [4.78, 5) is 33.5. The smallest absolute Gasteiger partial charge is 0.269 e. The van der Waals surface area contributed by atoms with Gasteiger partial charge in [-0.2, -0.15) is 5.10 Å². The van der Waals surface area contributed by atoms with Crippen LogP contribution in [0.3, 0.4) is 0 Å². The molecule has 2 aliphatic heterocycles. The van der Waals surface area contributed by atoms with Gasteiger partial charge in [-0.05, 0) is 65.8 Å². The first-order valence-electron chi connectivity index (χ1n) is 13.1. The van der Waals surface area contributed by atoms with Gasteiger partial charge in [-0.3, -0.25) is 14.3 Å². The summed E-state index contributed by atoms with van der Waals surface area (Å²) in [5.41, 5.74) is 3.46. The van der Waals surface area contributed by atoms with E-state index in [2.05, 4.69) is 10.4 Å². The zero-order valence-corrected chi connectivity index (χ0v) is 22.2. The summed E-state index contributed by atoms with van der Waals surface area (Å²) in [6.45, 7) is 1.43. The number of nitrogens with zero attached hydrogens (tertiary/aromatic N) is 5. The van der Waals surface area contributed by atoms with E-state index in [0.717, 1.165) is 23.8 Å². The van der Waals surface area contributed by atoms with Gasteiger partial charge in [0, 0.05) is 61.3 Å². The molecule has 4 heterocycles. The summed E-state index contributed by atoms with van der Waals surface area (Å²) in [6, 6.07) is 10.6. The third kappa shape index (κ3) is 4.56. The van der Waals surface area contributed by atoms with E-state index in [1.54, 1.807) is 41.2 Å². The van der Waals surface area contributed by atoms with E-state index < -0.39 is 6.43 Å². The second kappa shape index (κ2) is 10.3. The van der Waals surface area contributed by atoms with Gasteiger partial charge < -0.3 is 19.9 Å². The van der Waals surface area contributed by atoms with Crippen molar-refractivity contribution >= 4 is 39.8 Å². The molecule has 0 atom stereocenters. The zero-order valence-electron chi connectivity index (χ0n) is 22.2. The van der Waals surface area contributed by atoms with Gasteiger partial charge in [0.05, 0.1) is 12.8 Å². The Morgan fingerprint density at radius 1 is 1.12 bits per heavy atom. The molecular weight excluding hydrogens is 518 g/mol. The van der Waals surface area contributed by atoms with Crippen LogP contribution in [-0.2, 0) is 23.0 Å². The normalized spacial score (nSPS) is 15.6. The number of carbonyl (C=O) groups excluding carboxylic acids is 2. The Bertz CT molecular complexity index is 1640. The summed E-state index contributed by atoms with van der Waals surface area (Å²) in [6.07, 6.45) is 2.12. The van der Waals surface area contributed by atoms with E-state index in [4.69, 9.17) is 9.72 Å². The number of alkyl halides is 2. The van der Waals surface area contributed by atoms with E-state index in [1.807, 2.05) is 29.2 Å². The van der Waals surface area contributed by atoms with Crippen molar-refractivity contribution in [3.63, 3.8) is 0 Å². The topological polar surface area (TPSA) is 92.6 Å². The summed E-state index contributed by atoms with van der Waals surface area (Å²) >= 11 is 0. The highest BCUT2D eigenvalue weighted by atomic mass is 19.3. The minimum Gasteiger partial charge on any atom is -0.370 e. The number of pyridine rings is 1. The molecule has 4 aromatic rings. The van der Waals surface area contributed by atoms with Gasteiger partial charge in [0.2, 0.25) is 0 Å². The molecule has 6 rings (SSSR count). The van der Waals surface area contributed by atoms with Crippen molar-refractivity contribution in [2.45, 2.75) is 19.3 Å². The SMILES string of the molecule is CNC(=O)c1cc2cc(N3CCOCC3=O)ccc2c(N2CCCc3cc(-c4cnn(C)c4)c(C(F)F)cc32)n1. The number of rotatable bonds is 5. The van der Waals surface area contributed by atoms with Gasteiger partial charge in [-0.25, -0.2) is 13.8 Å². The zero-order chi connectivity index (χ0) is 28.0. The summed E-state index contributed by atoms with van der Waals surface area (Å²) in [7, 11) is 3.28. The Morgan fingerprint density at radius 2 is 1.98 bits per heavy atom. The molecule has 2 aliphatic rings. The van der Waals surface area contributed by atoms with E-state index in [9.17, 15) is 18.4 Å². The molecular formula is C29H28F2N6O3.